The number of amides is 1. The smallest absolute Gasteiger partial charge is 0.271 e. The first-order valence-corrected chi connectivity index (χ1v) is 13.9. The molecule has 4 atom stereocenters. The number of fused-ring (bicyclic) bond motifs is 2. The van der Waals surface area contributed by atoms with Crippen molar-refractivity contribution >= 4 is 5.91 Å². The van der Waals surface area contributed by atoms with Crippen LogP contribution in [-0.4, -0.2) is 63.2 Å². The van der Waals surface area contributed by atoms with Gasteiger partial charge < -0.3 is 15.2 Å². The van der Waals surface area contributed by atoms with Crippen molar-refractivity contribution in [1.29, 1.82) is 0 Å². The van der Waals surface area contributed by atoms with E-state index in [1.165, 1.54) is 12.8 Å². The summed E-state index contributed by atoms with van der Waals surface area (Å²) in [5.41, 5.74) is 0.969. The predicted octanol–water partition coefficient (Wildman–Crippen LogP) is 4.37. The molecule has 1 aromatic carbocycles. The summed E-state index contributed by atoms with van der Waals surface area (Å²) in [6.07, 6.45) is 5.33. The lowest BCUT2D eigenvalue weighted by atomic mass is 9.91. The van der Waals surface area contributed by atoms with Gasteiger partial charge >= 0.3 is 0 Å². The Morgan fingerprint density at radius 2 is 1.81 bits per heavy atom. The van der Waals surface area contributed by atoms with Gasteiger partial charge in [-0.15, -0.1) is 10.2 Å². The van der Waals surface area contributed by atoms with E-state index in [1.54, 1.807) is 0 Å². The number of hydrogen-bond acceptors (Lipinski definition) is 5. The minimum atomic E-state index is -3.03. The monoisotopic (exact) mass is 514 g/mol. The summed E-state index contributed by atoms with van der Waals surface area (Å²) < 4.78 is 31.3. The molecule has 3 aliphatic heterocycles. The Kier molecular flexibility index (Phi) is 7.63. The molecule has 4 heterocycles. The maximum absolute atomic E-state index is 14.5. The van der Waals surface area contributed by atoms with Gasteiger partial charge in [0.25, 0.3) is 5.92 Å². The molecule has 37 heavy (non-hydrogen) atoms. The summed E-state index contributed by atoms with van der Waals surface area (Å²) in [6, 6.07) is 10.9. The molecule has 2 N–H and O–H groups in total. The molecule has 3 fully saturated rings. The van der Waals surface area contributed by atoms with Crippen LogP contribution in [0.25, 0.3) is 0 Å². The second-order valence-corrected chi connectivity index (χ2v) is 11.4. The highest BCUT2D eigenvalue weighted by atomic mass is 19.3. The Morgan fingerprint density at radius 1 is 1.11 bits per heavy atom. The minimum Gasteiger partial charge on any atom is -0.349 e. The third-order valence-corrected chi connectivity index (χ3v) is 8.62. The van der Waals surface area contributed by atoms with E-state index in [1.807, 2.05) is 37.3 Å². The summed E-state index contributed by atoms with van der Waals surface area (Å²) in [4.78, 5) is 15.6. The Hall–Kier alpha value is -2.39. The van der Waals surface area contributed by atoms with E-state index >= 15 is 0 Å². The number of alkyl halides is 2. The lowest BCUT2D eigenvalue weighted by Gasteiger charge is -2.41. The molecular formula is C28H40F2N6O. The first-order valence-electron chi connectivity index (χ1n) is 13.9. The molecule has 0 aliphatic carbocycles. The molecule has 3 aliphatic rings. The van der Waals surface area contributed by atoms with Crippen LogP contribution in [0, 0.1) is 12.8 Å². The zero-order chi connectivity index (χ0) is 26.2. The van der Waals surface area contributed by atoms with Crippen LogP contribution in [-0.2, 0) is 4.79 Å². The number of piperidine rings is 2. The fraction of sp³-hybridized carbons (Fsp3) is 0.679. The third-order valence-electron chi connectivity index (χ3n) is 8.62. The lowest BCUT2D eigenvalue weighted by Crippen LogP contribution is -2.52. The molecule has 9 heteroatoms. The Morgan fingerprint density at radius 3 is 2.46 bits per heavy atom. The van der Waals surface area contributed by atoms with Crippen LogP contribution in [0.5, 0.6) is 0 Å². The number of nitrogens with one attached hydrogen (secondary N) is 2. The highest BCUT2D eigenvalue weighted by molar-refractivity contribution is 5.80. The van der Waals surface area contributed by atoms with Crippen LogP contribution < -0.4 is 10.6 Å². The van der Waals surface area contributed by atoms with E-state index in [4.69, 9.17) is 0 Å². The first-order chi connectivity index (χ1) is 17.7. The van der Waals surface area contributed by atoms with Gasteiger partial charge in [-0.25, -0.2) is 8.78 Å². The normalized spacial score (nSPS) is 28.4. The van der Waals surface area contributed by atoms with Crippen LogP contribution in [0.4, 0.5) is 8.78 Å². The van der Waals surface area contributed by atoms with Gasteiger partial charge in [-0.1, -0.05) is 44.2 Å². The lowest BCUT2D eigenvalue weighted by molar-refractivity contribution is -0.143. The molecule has 0 saturated carbocycles. The van der Waals surface area contributed by atoms with E-state index in [0.717, 1.165) is 36.6 Å². The van der Waals surface area contributed by atoms with Gasteiger partial charge in [-0.3, -0.25) is 9.69 Å². The van der Waals surface area contributed by atoms with E-state index in [-0.39, 0.29) is 12.5 Å². The Labute approximate surface area is 218 Å². The van der Waals surface area contributed by atoms with E-state index in [2.05, 4.69) is 44.1 Å². The van der Waals surface area contributed by atoms with Gasteiger partial charge in [-0.2, -0.15) is 0 Å². The van der Waals surface area contributed by atoms with Crippen LogP contribution in [0.1, 0.15) is 87.6 Å². The fourth-order valence-corrected chi connectivity index (χ4v) is 6.77. The summed E-state index contributed by atoms with van der Waals surface area (Å²) in [6.45, 7) is 7.22. The number of carbonyl (C=O) groups is 1. The average molecular weight is 515 g/mol. The van der Waals surface area contributed by atoms with Crippen LogP contribution in [0.3, 0.4) is 0 Å². The molecular weight excluding hydrogens is 474 g/mol. The minimum absolute atomic E-state index is 0.152. The van der Waals surface area contributed by atoms with E-state index in [0.29, 0.717) is 37.0 Å². The maximum Gasteiger partial charge on any atom is 0.271 e. The van der Waals surface area contributed by atoms with E-state index in [9.17, 15) is 13.6 Å². The number of hydrogen-bond donors (Lipinski definition) is 2. The largest absolute Gasteiger partial charge is 0.349 e. The molecule has 2 bridgehead atoms. The maximum atomic E-state index is 14.5. The van der Waals surface area contributed by atoms with Crippen molar-refractivity contribution in [3.05, 3.63) is 47.5 Å². The molecule has 4 unspecified atom stereocenters. The van der Waals surface area contributed by atoms with Crippen molar-refractivity contribution in [2.24, 2.45) is 5.92 Å². The quantitative estimate of drug-likeness (QED) is 0.547. The van der Waals surface area contributed by atoms with Crippen molar-refractivity contribution in [2.45, 2.75) is 95.3 Å². The number of rotatable bonds is 8. The van der Waals surface area contributed by atoms with Crippen molar-refractivity contribution in [1.82, 2.24) is 30.3 Å². The van der Waals surface area contributed by atoms with Crippen molar-refractivity contribution in [3.8, 4) is 0 Å². The highest BCUT2D eigenvalue weighted by Gasteiger charge is 2.47. The first kappa shape index (κ1) is 26.2. The average Bonchev–Trinajstić information content (AvgIpc) is 3.37. The van der Waals surface area contributed by atoms with Gasteiger partial charge in [0.05, 0.1) is 12.6 Å². The number of benzene rings is 1. The van der Waals surface area contributed by atoms with Gasteiger partial charge in [0.15, 0.2) is 0 Å². The Bertz CT molecular complexity index is 1060. The molecule has 1 aromatic heterocycles. The molecule has 3 saturated heterocycles. The number of nitrogens with zero attached hydrogens (tertiary/aromatic N) is 4. The molecule has 7 nitrogen and oxygen atoms in total. The molecule has 5 rings (SSSR count). The van der Waals surface area contributed by atoms with Crippen molar-refractivity contribution in [3.63, 3.8) is 0 Å². The van der Waals surface area contributed by atoms with Crippen molar-refractivity contribution < 1.29 is 13.6 Å². The van der Waals surface area contributed by atoms with Gasteiger partial charge in [0.1, 0.15) is 17.6 Å². The zero-order valence-corrected chi connectivity index (χ0v) is 22.2. The number of aromatic nitrogens is 3. The van der Waals surface area contributed by atoms with Crippen LogP contribution in [0.2, 0.25) is 0 Å². The number of carbonyl (C=O) groups excluding carboxylic acids is 1. The number of aryl methyl sites for hydroxylation is 1. The summed E-state index contributed by atoms with van der Waals surface area (Å²) in [5.74, 6) is -2.46. The molecule has 202 valence electrons. The molecule has 0 spiro atoms. The van der Waals surface area contributed by atoms with Gasteiger partial charge in [0, 0.05) is 30.6 Å². The van der Waals surface area contributed by atoms with E-state index < -0.39 is 24.3 Å². The zero-order valence-electron chi connectivity index (χ0n) is 22.2. The van der Waals surface area contributed by atoms with Crippen molar-refractivity contribution in [2.75, 3.05) is 19.6 Å². The molecule has 2 aromatic rings. The predicted molar refractivity (Wildman–Crippen MR) is 139 cm³/mol. The van der Waals surface area contributed by atoms with Crippen LogP contribution >= 0.6 is 0 Å². The summed E-state index contributed by atoms with van der Waals surface area (Å²) in [7, 11) is 0. The second-order valence-electron chi connectivity index (χ2n) is 11.4. The summed E-state index contributed by atoms with van der Waals surface area (Å²) in [5, 5.41) is 14.5. The molecule has 1 amide bonds. The Balaban J connectivity index is 1.27. The topological polar surface area (TPSA) is 75.1 Å². The number of halogens is 2. The summed E-state index contributed by atoms with van der Waals surface area (Å²) >= 11 is 0. The highest BCUT2D eigenvalue weighted by Crippen LogP contribution is 2.42. The van der Waals surface area contributed by atoms with Crippen LogP contribution in [0.15, 0.2) is 30.3 Å². The second kappa shape index (κ2) is 10.8. The fourth-order valence-electron chi connectivity index (χ4n) is 6.77. The van der Waals surface area contributed by atoms with Gasteiger partial charge in [-0.05, 0) is 57.6 Å². The van der Waals surface area contributed by atoms with Gasteiger partial charge in [0.2, 0.25) is 5.91 Å². The third kappa shape index (κ3) is 5.43. The standard InChI is InChI=1S/C28H40F2N6O/c1-18(2)26-34-33-19(3)36(26)23-15-21-9-10-22(16-23)35(21)14-12-25(20-7-5-4-6-8-20)32-27(37)24-11-13-31-17-28(24,29)30/h4-8,18,21-25,31H,9-17H2,1-3H3,(H,32,37). The SMILES string of the molecule is Cc1nnc(C(C)C)n1C1CC2CCC(C1)N2CCC(NC(=O)C1CCNCC1(F)F)c1ccccc1. The molecule has 0 radical (unpaired) electrons.